The van der Waals surface area contributed by atoms with E-state index in [-0.39, 0.29) is 5.91 Å². The number of hydrogen-bond donors (Lipinski definition) is 0. The molecule has 0 spiro atoms. The van der Waals surface area contributed by atoms with Crippen LogP contribution in [0.15, 0.2) is 15.9 Å². The molecule has 0 aliphatic carbocycles. The van der Waals surface area contributed by atoms with E-state index in [2.05, 4.69) is 37.9 Å². The third kappa shape index (κ3) is 5.49. The van der Waals surface area contributed by atoms with E-state index >= 15 is 0 Å². The topological polar surface area (TPSA) is 64.2 Å². The second kappa shape index (κ2) is 8.66. The molecule has 7 nitrogen and oxygen atoms in total. The largest absolute Gasteiger partial charge is 0.339 e. The fourth-order valence-corrected chi connectivity index (χ4v) is 5.68. The third-order valence-electron chi connectivity index (χ3n) is 4.89. The number of carbonyl (C=O) groups is 1. The summed E-state index contributed by atoms with van der Waals surface area (Å²) in [6, 6.07) is 4.24. The fraction of sp³-hybridized carbons (Fsp3) is 0.688. The predicted octanol–water partition coefficient (Wildman–Crippen LogP) is 0.732. The van der Waals surface area contributed by atoms with Crippen LogP contribution in [0.4, 0.5) is 0 Å². The molecule has 0 unspecified atom stereocenters. The van der Waals surface area contributed by atoms with Gasteiger partial charge in [0.05, 0.1) is 16.6 Å². The number of nitrogens with zero attached hydrogens (tertiary/aromatic N) is 4. The fourth-order valence-electron chi connectivity index (χ4n) is 3.32. The molecule has 26 heavy (non-hydrogen) atoms. The van der Waals surface area contributed by atoms with Gasteiger partial charge in [0.2, 0.25) is 15.9 Å². The molecule has 0 bridgehead atoms. The number of piperazine rings is 2. The Hall–Kier alpha value is -0.520. The van der Waals surface area contributed by atoms with Crippen molar-refractivity contribution in [3.63, 3.8) is 0 Å². The Kier molecular flexibility index (Phi) is 6.73. The molecule has 0 aromatic carbocycles. The first-order valence-corrected chi connectivity index (χ1v) is 12.2. The second-order valence-electron chi connectivity index (χ2n) is 6.80. The Labute approximate surface area is 167 Å². The molecule has 1 amide bonds. The maximum atomic E-state index is 12.5. The lowest BCUT2D eigenvalue weighted by Gasteiger charge is -2.37. The van der Waals surface area contributed by atoms with Crippen molar-refractivity contribution in [1.82, 2.24) is 19.0 Å². The van der Waals surface area contributed by atoms with E-state index in [1.165, 1.54) is 15.4 Å². The molecule has 2 saturated heterocycles. The van der Waals surface area contributed by atoms with Crippen LogP contribution < -0.4 is 0 Å². The number of halogens is 1. The van der Waals surface area contributed by atoms with Crippen molar-refractivity contribution in [2.45, 2.75) is 6.54 Å². The molecule has 2 aliphatic rings. The number of thiophene rings is 1. The first kappa shape index (κ1) is 20.2. The summed E-state index contributed by atoms with van der Waals surface area (Å²) in [5, 5.41) is 0. The molecule has 3 rings (SSSR count). The van der Waals surface area contributed by atoms with Crippen LogP contribution in [-0.4, -0.2) is 98.5 Å². The minimum absolute atomic E-state index is 0.105. The minimum atomic E-state index is -3.16. The molecule has 0 atom stereocenters. The summed E-state index contributed by atoms with van der Waals surface area (Å²) in [5.41, 5.74) is 0. The highest BCUT2D eigenvalue weighted by atomic mass is 79.9. The maximum absolute atomic E-state index is 12.5. The minimum Gasteiger partial charge on any atom is -0.339 e. The maximum Gasteiger partial charge on any atom is 0.236 e. The average Bonchev–Trinajstić information content (AvgIpc) is 3.01. The molecule has 0 radical (unpaired) electrons. The van der Waals surface area contributed by atoms with Crippen LogP contribution in [0.25, 0.3) is 0 Å². The molecule has 3 heterocycles. The monoisotopic (exact) mass is 464 g/mol. The van der Waals surface area contributed by atoms with Crippen molar-refractivity contribution in [2.75, 3.05) is 65.2 Å². The summed E-state index contributed by atoms with van der Waals surface area (Å²) in [4.78, 5) is 20.3. The van der Waals surface area contributed by atoms with Crippen molar-refractivity contribution in [1.29, 1.82) is 0 Å². The van der Waals surface area contributed by atoms with E-state index < -0.39 is 10.0 Å². The zero-order chi connectivity index (χ0) is 18.7. The Morgan fingerprint density at radius 3 is 2.19 bits per heavy atom. The zero-order valence-corrected chi connectivity index (χ0v) is 18.2. The molecule has 2 fully saturated rings. The van der Waals surface area contributed by atoms with Gasteiger partial charge in [-0.2, -0.15) is 4.31 Å². The average molecular weight is 465 g/mol. The van der Waals surface area contributed by atoms with Gasteiger partial charge in [0.1, 0.15) is 0 Å². The van der Waals surface area contributed by atoms with Gasteiger partial charge in [-0.3, -0.25) is 14.6 Å². The van der Waals surface area contributed by atoms with Crippen molar-refractivity contribution in [2.24, 2.45) is 0 Å². The van der Waals surface area contributed by atoms with Gasteiger partial charge in [0.25, 0.3) is 0 Å². The lowest BCUT2D eigenvalue weighted by atomic mass is 10.2. The van der Waals surface area contributed by atoms with Gasteiger partial charge >= 0.3 is 0 Å². The van der Waals surface area contributed by atoms with Crippen LogP contribution >= 0.6 is 27.3 Å². The molecular weight excluding hydrogens is 440 g/mol. The first-order valence-electron chi connectivity index (χ1n) is 8.73. The molecule has 2 aliphatic heterocycles. The van der Waals surface area contributed by atoms with E-state index in [9.17, 15) is 13.2 Å². The van der Waals surface area contributed by atoms with Gasteiger partial charge in [0, 0.05) is 63.8 Å². The summed E-state index contributed by atoms with van der Waals surface area (Å²) in [7, 11) is -3.16. The van der Waals surface area contributed by atoms with Crippen LogP contribution in [0.5, 0.6) is 0 Å². The Balaban J connectivity index is 1.40. The summed E-state index contributed by atoms with van der Waals surface area (Å²) in [5.74, 6) is 0.105. The van der Waals surface area contributed by atoms with Crippen LogP contribution in [0.1, 0.15) is 4.88 Å². The van der Waals surface area contributed by atoms with Gasteiger partial charge in [-0.15, -0.1) is 11.3 Å². The van der Waals surface area contributed by atoms with Crippen molar-refractivity contribution >= 4 is 43.2 Å². The number of carbonyl (C=O) groups excluding carboxylic acids is 1. The standard InChI is InChI=1S/C16H25BrN4O3S2/c1-26(23,24)21-10-8-20(9-11-21)16(22)13-19-6-4-18(5-7-19)12-14-2-3-15(17)25-14/h2-3H,4-13H2,1H3. The van der Waals surface area contributed by atoms with Crippen molar-refractivity contribution < 1.29 is 13.2 Å². The van der Waals surface area contributed by atoms with Gasteiger partial charge < -0.3 is 4.90 Å². The number of rotatable bonds is 5. The first-order chi connectivity index (χ1) is 12.3. The molecule has 10 heteroatoms. The second-order valence-corrected chi connectivity index (χ2v) is 11.3. The quantitative estimate of drug-likeness (QED) is 0.642. The van der Waals surface area contributed by atoms with Gasteiger partial charge in [-0.1, -0.05) is 0 Å². The van der Waals surface area contributed by atoms with Gasteiger partial charge in [-0.25, -0.2) is 8.42 Å². The highest BCUT2D eigenvalue weighted by Gasteiger charge is 2.27. The van der Waals surface area contributed by atoms with E-state index in [0.717, 1.165) is 36.5 Å². The number of sulfonamides is 1. The van der Waals surface area contributed by atoms with Gasteiger partial charge in [-0.05, 0) is 28.1 Å². The number of amides is 1. The van der Waals surface area contributed by atoms with Crippen LogP contribution in [0.2, 0.25) is 0 Å². The van der Waals surface area contributed by atoms with Crippen LogP contribution in [-0.2, 0) is 21.4 Å². The van der Waals surface area contributed by atoms with Crippen molar-refractivity contribution in [3.8, 4) is 0 Å². The van der Waals surface area contributed by atoms with Crippen LogP contribution in [0, 0.1) is 0 Å². The molecule has 1 aromatic heterocycles. The van der Waals surface area contributed by atoms with Gasteiger partial charge in [0.15, 0.2) is 0 Å². The Morgan fingerprint density at radius 1 is 1.04 bits per heavy atom. The lowest BCUT2D eigenvalue weighted by Crippen LogP contribution is -2.54. The highest BCUT2D eigenvalue weighted by molar-refractivity contribution is 9.11. The van der Waals surface area contributed by atoms with E-state index in [0.29, 0.717) is 32.7 Å². The summed E-state index contributed by atoms with van der Waals surface area (Å²) < 4.78 is 25.7. The third-order valence-corrected chi connectivity index (χ3v) is 7.80. The predicted molar refractivity (Wildman–Crippen MR) is 107 cm³/mol. The molecule has 0 saturated carbocycles. The van der Waals surface area contributed by atoms with E-state index in [1.807, 2.05) is 0 Å². The molecule has 1 aromatic rings. The lowest BCUT2D eigenvalue weighted by molar-refractivity contribution is -0.134. The number of hydrogen-bond acceptors (Lipinski definition) is 6. The summed E-state index contributed by atoms with van der Waals surface area (Å²) in [6.07, 6.45) is 1.22. The SMILES string of the molecule is CS(=O)(=O)N1CCN(C(=O)CN2CCN(Cc3ccc(Br)s3)CC2)CC1. The highest BCUT2D eigenvalue weighted by Crippen LogP contribution is 2.23. The molecular formula is C16H25BrN4O3S2. The smallest absolute Gasteiger partial charge is 0.236 e. The Bertz CT molecular complexity index is 724. The molecule has 0 N–H and O–H groups in total. The van der Waals surface area contributed by atoms with E-state index in [1.54, 1.807) is 16.2 Å². The van der Waals surface area contributed by atoms with E-state index in [4.69, 9.17) is 0 Å². The summed E-state index contributed by atoms with van der Waals surface area (Å²) >= 11 is 5.27. The van der Waals surface area contributed by atoms with Crippen molar-refractivity contribution in [3.05, 3.63) is 20.8 Å². The van der Waals surface area contributed by atoms with Crippen LogP contribution in [0.3, 0.4) is 0 Å². The Morgan fingerprint density at radius 2 is 1.65 bits per heavy atom. The summed E-state index contributed by atoms with van der Waals surface area (Å²) in [6.45, 7) is 6.86. The zero-order valence-electron chi connectivity index (χ0n) is 14.9. The molecule has 146 valence electrons. The normalized spacial score (nSPS) is 21.2.